The smallest absolute Gasteiger partial charge is 0.276 e. The number of rotatable bonds is 6. The number of anilines is 1. The van der Waals surface area contributed by atoms with Gasteiger partial charge in [0.25, 0.3) is 5.69 Å². The van der Waals surface area contributed by atoms with E-state index in [9.17, 15) is 10.1 Å². The lowest BCUT2D eigenvalue weighted by molar-refractivity contribution is -0.385. The van der Waals surface area contributed by atoms with Gasteiger partial charge < -0.3 is 10.1 Å². The molecule has 0 atom stereocenters. The van der Waals surface area contributed by atoms with Gasteiger partial charge in [-0.3, -0.25) is 10.1 Å². The molecule has 7 nitrogen and oxygen atoms in total. The number of nitrogens with zero attached hydrogens (tertiary/aromatic N) is 3. The van der Waals surface area contributed by atoms with Gasteiger partial charge >= 0.3 is 0 Å². The second-order valence-corrected chi connectivity index (χ2v) is 4.78. The molecule has 0 bridgehead atoms. The SMILES string of the molecule is CCNc1snnc1COc1cccc([N+](=O)[O-])c1C. The van der Waals surface area contributed by atoms with Crippen LogP contribution < -0.4 is 10.1 Å². The monoisotopic (exact) mass is 294 g/mol. The topological polar surface area (TPSA) is 90.2 Å². The van der Waals surface area contributed by atoms with Gasteiger partial charge in [-0.15, -0.1) is 5.10 Å². The summed E-state index contributed by atoms with van der Waals surface area (Å²) in [7, 11) is 0. The Balaban J connectivity index is 2.13. The number of hydrogen-bond acceptors (Lipinski definition) is 7. The average molecular weight is 294 g/mol. The lowest BCUT2D eigenvalue weighted by Gasteiger charge is -2.08. The number of nitro benzene ring substituents is 1. The van der Waals surface area contributed by atoms with Crippen molar-refractivity contribution in [1.29, 1.82) is 0 Å². The molecular formula is C12H14N4O3S. The van der Waals surface area contributed by atoms with Crippen molar-refractivity contribution in [3.63, 3.8) is 0 Å². The highest BCUT2D eigenvalue weighted by Crippen LogP contribution is 2.28. The van der Waals surface area contributed by atoms with Gasteiger partial charge in [-0.25, -0.2) is 0 Å². The Labute approximate surface area is 119 Å². The first-order valence-corrected chi connectivity index (χ1v) is 6.82. The van der Waals surface area contributed by atoms with E-state index in [2.05, 4.69) is 14.9 Å². The third-order valence-electron chi connectivity index (χ3n) is 2.71. The van der Waals surface area contributed by atoms with E-state index in [1.54, 1.807) is 19.1 Å². The van der Waals surface area contributed by atoms with Crippen LogP contribution in [0.1, 0.15) is 18.2 Å². The molecule has 0 spiro atoms. The van der Waals surface area contributed by atoms with Crippen LogP contribution in [-0.4, -0.2) is 21.1 Å². The molecule has 20 heavy (non-hydrogen) atoms. The van der Waals surface area contributed by atoms with Crippen molar-refractivity contribution in [2.45, 2.75) is 20.5 Å². The van der Waals surface area contributed by atoms with Gasteiger partial charge in [-0.1, -0.05) is 10.6 Å². The van der Waals surface area contributed by atoms with Crippen LogP contribution in [0.15, 0.2) is 18.2 Å². The summed E-state index contributed by atoms with van der Waals surface area (Å²) >= 11 is 1.26. The highest BCUT2D eigenvalue weighted by Gasteiger charge is 2.15. The van der Waals surface area contributed by atoms with Crippen molar-refractivity contribution in [1.82, 2.24) is 9.59 Å². The molecule has 0 fully saturated rings. The van der Waals surface area contributed by atoms with Gasteiger partial charge in [0.15, 0.2) is 0 Å². The molecule has 2 rings (SSSR count). The second-order valence-electron chi connectivity index (χ2n) is 4.03. The van der Waals surface area contributed by atoms with Gasteiger partial charge in [0.05, 0.1) is 10.5 Å². The largest absolute Gasteiger partial charge is 0.487 e. The average Bonchev–Trinajstić information content (AvgIpc) is 2.85. The van der Waals surface area contributed by atoms with Gasteiger partial charge in [0, 0.05) is 24.1 Å². The molecule has 1 N–H and O–H groups in total. The minimum absolute atomic E-state index is 0.0470. The summed E-state index contributed by atoms with van der Waals surface area (Å²) in [4.78, 5) is 10.4. The number of benzene rings is 1. The van der Waals surface area contributed by atoms with Crippen molar-refractivity contribution in [3.05, 3.63) is 39.6 Å². The Bertz CT molecular complexity index is 614. The first kappa shape index (κ1) is 14.2. The van der Waals surface area contributed by atoms with E-state index >= 15 is 0 Å². The van der Waals surface area contributed by atoms with Gasteiger partial charge in [-0.05, 0) is 19.9 Å². The van der Waals surface area contributed by atoms with Gasteiger partial charge in [0.1, 0.15) is 23.1 Å². The van der Waals surface area contributed by atoms with E-state index in [1.165, 1.54) is 17.6 Å². The van der Waals surface area contributed by atoms with Crippen LogP contribution in [0.4, 0.5) is 10.7 Å². The van der Waals surface area contributed by atoms with Crippen LogP contribution in [0.3, 0.4) is 0 Å². The molecule has 0 aliphatic carbocycles. The Morgan fingerprint density at radius 2 is 2.30 bits per heavy atom. The fourth-order valence-corrected chi connectivity index (χ4v) is 2.34. The number of hydrogen-bond donors (Lipinski definition) is 1. The molecule has 0 aliphatic heterocycles. The van der Waals surface area contributed by atoms with E-state index in [0.29, 0.717) is 17.0 Å². The quantitative estimate of drug-likeness (QED) is 0.650. The van der Waals surface area contributed by atoms with E-state index in [1.807, 2.05) is 6.92 Å². The maximum Gasteiger partial charge on any atom is 0.276 e. The molecule has 0 radical (unpaired) electrons. The van der Waals surface area contributed by atoms with Crippen molar-refractivity contribution >= 4 is 22.2 Å². The van der Waals surface area contributed by atoms with Gasteiger partial charge in [-0.2, -0.15) is 0 Å². The molecule has 0 amide bonds. The Morgan fingerprint density at radius 3 is 3.00 bits per heavy atom. The summed E-state index contributed by atoms with van der Waals surface area (Å²) in [6.07, 6.45) is 0. The molecule has 1 aromatic carbocycles. The first-order valence-electron chi connectivity index (χ1n) is 6.05. The standard InChI is InChI=1S/C12H14N4O3S/c1-3-13-12-9(14-15-20-12)7-19-11-6-4-5-10(8(11)2)16(17)18/h4-6,13H,3,7H2,1-2H3. The highest BCUT2D eigenvalue weighted by molar-refractivity contribution is 7.10. The first-order chi connectivity index (χ1) is 9.63. The molecule has 0 unspecified atom stereocenters. The summed E-state index contributed by atoms with van der Waals surface area (Å²) in [5.74, 6) is 0.481. The normalized spacial score (nSPS) is 10.3. The predicted octanol–water partition coefficient (Wildman–Crippen LogP) is 2.77. The fraction of sp³-hybridized carbons (Fsp3) is 0.333. The summed E-state index contributed by atoms with van der Waals surface area (Å²) in [6, 6.07) is 4.76. The Hall–Kier alpha value is -2.22. The number of nitrogens with one attached hydrogen (secondary N) is 1. The predicted molar refractivity (Wildman–Crippen MR) is 76.2 cm³/mol. The van der Waals surface area contributed by atoms with E-state index in [0.717, 1.165) is 11.5 Å². The highest BCUT2D eigenvalue weighted by atomic mass is 32.1. The zero-order chi connectivity index (χ0) is 14.5. The van der Waals surface area contributed by atoms with Crippen LogP contribution in [0, 0.1) is 17.0 Å². The Morgan fingerprint density at radius 1 is 1.50 bits per heavy atom. The molecule has 1 aromatic heterocycles. The van der Waals surface area contributed by atoms with E-state index in [4.69, 9.17) is 4.74 Å². The lowest BCUT2D eigenvalue weighted by Crippen LogP contribution is -2.03. The molecular weight excluding hydrogens is 280 g/mol. The fourth-order valence-electron chi connectivity index (χ4n) is 1.70. The van der Waals surface area contributed by atoms with Crippen LogP contribution in [-0.2, 0) is 6.61 Å². The molecule has 2 aromatic rings. The van der Waals surface area contributed by atoms with Crippen molar-refractivity contribution in [3.8, 4) is 5.75 Å². The van der Waals surface area contributed by atoms with Crippen LogP contribution in [0.5, 0.6) is 5.75 Å². The number of aromatic nitrogens is 2. The third kappa shape index (κ3) is 3.02. The minimum atomic E-state index is -0.420. The lowest BCUT2D eigenvalue weighted by atomic mass is 10.2. The van der Waals surface area contributed by atoms with E-state index < -0.39 is 4.92 Å². The third-order valence-corrected chi connectivity index (χ3v) is 3.44. The molecule has 106 valence electrons. The Kier molecular flexibility index (Phi) is 4.46. The summed E-state index contributed by atoms with van der Waals surface area (Å²) in [5, 5.41) is 18.8. The molecule has 8 heteroatoms. The van der Waals surface area contributed by atoms with Crippen LogP contribution >= 0.6 is 11.5 Å². The molecule has 0 saturated carbocycles. The summed E-state index contributed by atoms with van der Waals surface area (Å²) < 4.78 is 9.48. The van der Waals surface area contributed by atoms with Crippen LogP contribution in [0.2, 0.25) is 0 Å². The molecule has 0 aliphatic rings. The van der Waals surface area contributed by atoms with Crippen LogP contribution in [0.25, 0.3) is 0 Å². The van der Waals surface area contributed by atoms with Crippen molar-refractivity contribution < 1.29 is 9.66 Å². The van der Waals surface area contributed by atoms with Crippen molar-refractivity contribution in [2.24, 2.45) is 0 Å². The summed E-state index contributed by atoms with van der Waals surface area (Å²) in [6.45, 7) is 4.64. The molecule has 0 saturated heterocycles. The molecule has 1 heterocycles. The maximum absolute atomic E-state index is 10.9. The zero-order valence-corrected chi connectivity index (χ0v) is 11.9. The summed E-state index contributed by atoms with van der Waals surface area (Å²) in [5.41, 5.74) is 1.25. The maximum atomic E-state index is 10.9. The second kappa shape index (κ2) is 6.29. The minimum Gasteiger partial charge on any atom is -0.487 e. The number of ether oxygens (including phenoxy) is 1. The number of nitro groups is 1. The van der Waals surface area contributed by atoms with Gasteiger partial charge in [0.2, 0.25) is 0 Å². The zero-order valence-electron chi connectivity index (χ0n) is 11.1. The van der Waals surface area contributed by atoms with E-state index in [-0.39, 0.29) is 12.3 Å². The van der Waals surface area contributed by atoms with Crippen molar-refractivity contribution in [2.75, 3.05) is 11.9 Å².